The molecule has 0 saturated heterocycles. The largest absolute Gasteiger partial charge is 0.468 e. The molecule has 0 amide bonds. The van der Waals surface area contributed by atoms with E-state index in [0.29, 0.717) is 6.04 Å². The smallest absolute Gasteiger partial charge is 0.122 e. The molecule has 21 heavy (non-hydrogen) atoms. The van der Waals surface area contributed by atoms with Crippen molar-refractivity contribution in [1.82, 2.24) is 10.2 Å². The Morgan fingerprint density at radius 2 is 1.86 bits per heavy atom. The Kier molecular flexibility index (Phi) is 6.03. The molecular weight excluding hydrogens is 260 g/mol. The Bertz CT molecular complexity index is 493. The first kappa shape index (κ1) is 15.8. The molecule has 1 N–H and O–H groups in total. The van der Waals surface area contributed by atoms with Gasteiger partial charge in [-0.05, 0) is 51.6 Å². The first-order chi connectivity index (χ1) is 10.2. The van der Waals surface area contributed by atoms with Crippen LogP contribution in [-0.2, 0) is 6.42 Å². The van der Waals surface area contributed by atoms with Crippen LogP contribution < -0.4 is 5.32 Å². The second-order valence-corrected chi connectivity index (χ2v) is 5.83. The van der Waals surface area contributed by atoms with E-state index in [4.69, 9.17) is 4.42 Å². The topological polar surface area (TPSA) is 28.4 Å². The summed E-state index contributed by atoms with van der Waals surface area (Å²) in [6.07, 6.45) is 4.00. The predicted molar refractivity (Wildman–Crippen MR) is 87.4 cm³/mol. The fourth-order valence-electron chi connectivity index (χ4n) is 2.46. The van der Waals surface area contributed by atoms with Gasteiger partial charge in [0.15, 0.2) is 0 Å². The molecule has 0 bridgehead atoms. The number of hydrogen-bond acceptors (Lipinski definition) is 3. The van der Waals surface area contributed by atoms with Crippen LogP contribution in [0.2, 0.25) is 0 Å². The summed E-state index contributed by atoms with van der Waals surface area (Å²) in [7, 11) is 4.17. The quantitative estimate of drug-likeness (QED) is 0.805. The van der Waals surface area contributed by atoms with E-state index in [-0.39, 0.29) is 6.04 Å². The molecule has 114 valence electrons. The zero-order chi connectivity index (χ0) is 15.1. The Morgan fingerprint density at radius 1 is 1.10 bits per heavy atom. The van der Waals surface area contributed by atoms with Gasteiger partial charge in [0.2, 0.25) is 0 Å². The number of nitrogens with one attached hydrogen (secondary N) is 1. The summed E-state index contributed by atoms with van der Waals surface area (Å²) in [6, 6.07) is 15.4. The van der Waals surface area contributed by atoms with Gasteiger partial charge in [-0.3, -0.25) is 4.90 Å². The van der Waals surface area contributed by atoms with Crippen molar-refractivity contribution in [2.75, 3.05) is 20.6 Å². The molecule has 0 aliphatic carbocycles. The molecule has 0 spiro atoms. The van der Waals surface area contributed by atoms with Gasteiger partial charge in [-0.1, -0.05) is 30.3 Å². The van der Waals surface area contributed by atoms with Crippen molar-refractivity contribution in [2.24, 2.45) is 0 Å². The normalized spacial score (nSPS) is 14.3. The molecule has 1 aromatic carbocycles. The summed E-state index contributed by atoms with van der Waals surface area (Å²) in [6.45, 7) is 3.15. The lowest BCUT2D eigenvalue weighted by molar-refractivity contribution is 0.244. The van der Waals surface area contributed by atoms with Crippen molar-refractivity contribution in [1.29, 1.82) is 0 Å². The molecule has 0 radical (unpaired) electrons. The Labute approximate surface area is 128 Å². The molecule has 0 fully saturated rings. The summed E-state index contributed by atoms with van der Waals surface area (Å²) < 4.78 is 5.54. The van der Waals surface area contributed by atoms with Crippen molar-refractivity contribution in [2.45, 2.75) is 31.8 Å². The molecule has 3 heteroatoms. The summed E-state index contributed by atoms with van der Waals surface area (Å²) in [4.78, 5) is 2.19. The van der Waals surface area contributed by atoms with E-state index < -0.39 is 0 Å². The Morgan fingerprint density at radius 3 is 2.48 bits per heavy atom. The van der Waals surface area contributed by atoms with Gasteiger partial charge in [0, 0.05) is 12.6 Å². The van der Waals surface area contributed by atoms with Crippen molar-refractivity contribution < 1.29 is 4.42 Å². The van der Waals surface area contributed by atoms with Crippen LogP contribution in [0.3, 0.4) is 0 Å². The predicted octanol–water partition coefficient (Wildman–Crippen LogP) is 3.49. The number of aryl methyl sites for hydroxylation is 1. The van der Waals surface area contributed by atoms with Gasteiger partial charge in [-0.2, -0.15) is 0 Å². The second-order valence-electron chi connectivity index (χ2n) is 5.83. The van der Waals surface area contributed by atoms with Gasteiger partial charge in [-0.15, -0.1) is 0 Å². The highest BCUT2D eigenvalue weighted by molar-refractivity contribution is 5.14. The minimum atomic E-state index is 0.277. The van der Waals surface area contributed by atoms with Crippen molar-refractivity contribution in [3.05, 3.63) is 60.1 Å². The maximum atomic E-state index is 5.54. The van der Waals surface area contributed by atoms with Gasteiger partial charge < -0.3 is 9.73 Å². The molecule has 2 rings (SSSR count). The minimum absolute atomic E-state index is 0.277. The third-order valence-electron chi connectivity index (χ3n) is 3.86. The highest BCUT2D eigenvalue weighted by atomic mass is 16.3. The number of nitrogens with zero attached hydrogens (tertiary/aromatic N) is 1. The van der Waals surface area contributed by atoms with Crippen LogP contribution >= 0.6 is 0 Å². The fourth-order valence-corrected chi connectivity index (χ4v) is 2.46. The highest BCUT2D eigenvalue weighted by Crippen LogP contribution is 2.18. The number of benzene rings is 1. The van der Waals surface area contributed by atoms with Crippen LogP contribution in [-0.4, -0.2) is 31.6 Å². The van der Waals surface area contributed by atoms with Gasteiger partial charge in [0.1, 0.15) is 5.76 Å². The molecular formula is C18H26N2O. The summed E-state index contributed by atoms with van der Waals surface area (Å²) in [5.74, 6) is 1.02. The zero-order valence-corrected chi connectivity index (χ0v) is 13.3. The molecule has 2 aromatic rings. The molecule has 0 aliphatic heterocycles. The zero-order valence-electron chi connectivity index (χ0n) is 13.3. The van der Waals surface area contributed by atoms with Crippen molar-refractivity contribution in [3.63, 3.8) is 0 Å². The van der Waals surface area contributed by atoms with Gasteiger partial charge >= 0.3 is 0 Å². The average molecular weight is 286 g/mol. The van der Waals surface area contributed by atoms with E-state index in [0.717, 1.165) is 25.1 Å². The molecule has 0 aliphatic rings. The molecule has 1 heterocycles. The summed E-state index contributed by atoms with van der Waals surface area (Å²) in [5, 5.41) is 3.62. The van der Waals surface area contributed by atoms with Gasteiger partial charge in [-0.25, -0.2) is 0 Å². The molecule has 3 nitrogen and oxygen atoms in total. The van der Waals surface area contributed by atoms with Crippen LogP contribution in [0.4, 0.5) is 0 Å². The number of hydrogen-bond donors (Lipinski definition) is 1. The minimum Gasteiger partial charge on any atom is -0.468 e. The van der Waals surface area contributed by atoms with Crippen LogP contribution in [0, 0.1) is 0 Å². The average Bonchev–Trinajstić information content (AvgIpc) is 3.00. The lowest BCUT2D eigenvalue weighted by atomic mass is 10.1. The number of rotatable bonds is 8. The maximum Gasteiger partial charge on any atom is 0.122 e. The number of likely N-dealkylation sites (N-methyl/N-ethyl adjacent to an activating group) is 1. The molecule has 0 saturated carbocycles. The van der Waals surface area contributed by atoms with Crippen molar-refractivity contribution >= 4 is 0 Å². The molecule has 2 unspecified atom stereocenters. The summed E-state index contributed by atoms with van der Waals surface area (Å²) in [5.41, 5.74) is 1.40. The van der Waals surface area contributed by atoms with E-state index in [1.54, 1.807) is 6.26 Å². The SMILES string of the molecule is CC(CCc1ccccc1)NCC(c1ccco1)N(C)C. The van der Waals surface area contributed by atoms with E-state index in [1.807, 2.05) is 12.1 Å². The first-order valence-corrected chi connectivity index (χ1v) is 7.64. The first-order valence-electron chi connectivity index (χ1n) is 7.64. The second kappa shape index (κ2) is 8.01. The summed E-state index contributed by atoms with van der Waals surface area (Å²) >= 11 is 0. The highest BCUT2D eigenvalue weighted by Gasteiger charge is 2.17. The lowest BCUT2D eigenvalue weighted by Crippen LogP contribution is -2.35. The van der Waals surface area contributed by atoms with Crippen molar-refractivity contribution in [3.8, 4) is 0 Å². The van der Waals surface area contributed by atoms with E-state index in [2.05, 4.69) is 61.6 Å². The van der Waals surface area contributed by atoms with Crippen LogP contribution in [0.25, 0.3) is 0 Å². The third-order valence-corrected chi connectivity index (χ3v) is 3.86. The van der Waals surface area contributed by atoms with E-state index in [9.17, 15) is 0 Å². The monoisotopic (exact) mass is 286 g/mol. The van der Waals surface area contributed by atoms with E-state index >= 15 is 0 Å². The third kappa shape index (κ3) is 5.03. The number of furan rings is 1. The molecule has 2 atom stereocenters. The maximum absolute atomic E-state index is 5.54. The van der Waals surface area contributed by atoms with E-state index in [1.165, 1.54) is 5.56 Å². The van der Waals surface area contributed by atoms with Crippen LogP contribution in [0.15, 0.2) is 53.1 Å². The standard InChI is InChI=1S/C18H26N2O/c1-15(11-12-16-8-5-4-6-9-16)19-14-17(20(2)3)18-10-7-13-21-18/h4-10,13,15,17,19H,11-12,14H2,1-3H3. The van der Waals surface area contributed by atoms with Crippen LogP contribution in [0.1, 0.15) is 30.7 Å². The Balaban J connectivity index is 1.78. The lowest BCUT2D eigenvalue weighted by Gasteiger charge is -2.24. The fraction of sp³-hybridized carbons (Fsp3) is 0.444. The Hall–Kier alpha value is -1.58. The van der Waals surface area contributed by atoms with Gasteiger partial charge in [0.05, 0.1) is 12.3 Å². The van der Waals surface area contributed by atoms with Gasteiger partial charge in [0.25, 0.3) is 0 Å². The molecule has 1 aromatic heterocycles. The van der Waals surface area contributed by atoms with Crippen LogP contribution in [0.5, 0.6) is 0 Å².